The Morgan fingerprint density at radius 2 is 1.96 bits per heavy atom. The van der Waals surface area contributed by atoms with Gasteiger partial charge in [0.25, 0.3) is 5.91 Å². The summed E-state index contributed by atoms with van der Waals surface area (Å²) in [6.07, 6.45) is 8.75. The Labute approximate surface area is 155 Å². The molecule has 2 saturated heterocycles. The zero-order valence-corrected chi connectivity index (χ0v) is 15.5. The SMILES string of the molecule is C=CCc1ccc(C(=O)N2CCCC3(CCC(=O)N(C4CC4)C3)C2)cc1. The molecule has 4 nitrogen and oxygen atoms in total. The molecule has 1 spiro atoms. The van der Waals surface area contributed by atoms with E-state index in [0.717, 1.165) is 63.7 Å². The quantitative estimate of drug-likeness (QED) is 0.779. The lowest BCUT2D eigenvalue weighted by atomic mass is 9.73. The van der Waals surface area contributed by atoms with Crippen LogP contribution in [0.2, 0.25) is 0 Å². The smallest absolute Gasteiger partial charge is 0.253 e. The average Bonchev–Trinajstić information content (AvgIpc) is 3.50. The summed E-state index contributed by atoms with van der Waals surface area (Å²) in [5.41, 5.74) is 2.05. The third-order valence-corrected chi connectivity index (χ3v) is 6.21. The fourth-order valence-corrected chi connectivity index (χ4v) is 4.61. The molecule has 1 aromatic rings. The summed E-state index contributed by atoms with van der Waals surface area (Å²) in [6.45, 7) is 6.22. The number of rotatable bonds is 4. The van der Waals surface area contributed by atoms with Crippen LogP contribution < -0.4 is 0 Å². The number of allylic oxidation sites excluding steroid dienone is 1. The Morgan fingerprint density at radius 3 is 2.65 bits per heavy atom. The Balaban J connectivity index is 1.46. The third-order valence-electron chi connectivity index (χ3n) is 6.21. The molecule has 4 rings (SSSR count). The molecule has 2 amide bonds. The van der Waals surface area contributed by atoms with Crippen LogP contribution >= 0.6 is 0 Å². The lowest BCUT2D eigenvalue weighted by Crippen LogP contribution is -2.55. The molecule has 1 atom stereocenters. The van der Waals surface area contributed by atoms with Gasteiger partial charge in [0, 0.05) is 43.1 Å². The number of hydrogen-bond donors (Lipinski definition) is 0. The van der Waals surface area contributed by atoms with Crippen molar-refractivity contribution in [3.63, 3.8) is 0 Å². The largest absolute Gasteiger partial charge is 0.339 e. The van der Waals surface area contributed by atoms with E-state index in [1.54, 1.807) is 0 Å². The summed E-state index contributed by atoms with van der Waals surface area (Å²) in [5, 5.41) is 0. The number of nitrogens with zero attached hydrogens (tertiary/aromatic N) is 2. The molecule has 1 aliphatic carbocycles. The van der Waals surface area contributed by atoms with E-state index in [9.17, 15) is 9.59 Å². The van der Waals surface area contributed by atoms with Crippen molar-refractivity contribution in [2.75, 3.05) is 19.6 Å². The maximum absolute atomic E-state index is 13.0. The standard InChI is InChI=1S/C22H28N2O2/c1-2-4-17-5-7-18(8-6-17)21(26)23-14-3-12-22(15-23)13-11-20(25)24(16-22)19-9-10-19/h2,5-8,19H,1,3-4,9-16H2. The topological polar surface area (TPSA) is 40.6 Å². The van der Waals surface area contributed by atoms with Crippen LogP contribution in [-0.4, -0.2) is 47.3 Å². The van der Waals surface area contributed by atoms with Gasteiger partial charge >= 0.3 is 0 Å². The van der Waals surface area contributed by atoms with Gasteiger partial charge in [0.05, 0.1) is 0 Å². The van der Waals surface area contributed by atoms with Crippen LogP contribution in [0.1, 0.15) is 54.4 Å². The molecule has 2 aliphatic heterocycles. The van der Waals surface area contributed by atoms with Crippen molar-refractivity contribution in [1.29, 1.82) is 0 Å². The number of piperidine rings is 2. The normalized spacial score (nSPS) is 26.2. The van der Waals surface area contributed by atoms with Crippen molar-refractivity contribution in [3.8, 4) is 0 Å². The van der Waals surface area contributed by atoms with E-state index in [2.05, 4.69) is 11.5 Å². The summed E-state index contributed by atoms with van der Waals surface area (Å²) < 4.78 is 0. The lowest BCUT2D eigenvalue weighted by molar-refractivity contribution is -0.139. The molecule has 0 aromatic heterocycles. The van der Waals surface area contributed by atoms with Gasteiger partial charge in [-0.25, -0.2) is 0 Å². The van der Waals surface area contributed by atoms with E-state index in [0.29, 0.717) is 18.4 Å². The maximum atomic E-state index is 13.0. The van der Waals surface area contributed by atoms with Crippen LogP contribution in [0.25, 0.3) is 0 Å². The molecule has 0 radical (unpaired) electrons. The number of hydrogen-bond acceptors (Lipinski definition) is 2. The number of carbonyl (C=O) groups is 2. The Bertz CT molecular complexity index is 707. The van der Waals surface area contributed by atoms with Crippen molar-refractivity contribution >= 4 is 11.8 Å². The molecule has 26 heavy (non-hydrogen) atoms. The second-order valence-electron chi connectivity index (χ2n) is 8.27. The molecule has 1 aromatic carbocycles. The molecule has 1 unspecified atom stereocenters. The monoisotopic (exact) mass is 352 g/mol. The zero-order valence-electron chi connectivity index (χ0n) is 15.5. The number of benzene rings is 1. The number of carbonyl (C=O) groups excluding carboxylic acids is 2. The van der Waals surface area contributed by atoms with Gasteiger partial charge < -0.3 is 9.80 Å². The van der Waals surface area contributed by atoms with Crippen molar-refractivity contribution < 1.29 is 9.59 Å². The Kier molecular flexibility index (Phi) is 4.60. The van der Waals surface area contributed by atoms with Gasteiger partial charge in [0.15, 0.2) is 0 Å². The molecule has 3 aliphatic rings. The summed E-state index contributed by atoms with van der Waals surface area (Å²) in [4.78, 5) is 29.4. The molecule has 2 heterocycles. The minimum atomic E-state index is 0.104. The minimum absolute atomic E-state index is 0.104. The highest BCUT2D eigenvalue weighted by Gasteiger charge is 2.46. The highest BCUT2D eigenvalue weighted by atomic mass is 16.2. The van der Waals surface area contributed by atoms with Crippen LogP contribution in [0.4, 0.5) is 0 Å². The van der Waals surface area contributed by atoms with Crippen LogP contribution in [0.15, 0.2) is 36.9 Å². The van der Waals surface area contributed by atoms with E-state index < -0.39 is 0 Å². The molecule has 138 valence electrons. The Hall–Kier alpha value is -2.10. The van der Waals surface area contributed by atoms with Crippen molar-refractivity contribution in [2.45, 2.75) is 51.0 Å². The van der Waals surface area contributed by atoms with E-state index >= 15 is 0 Å². The second-order valence-corrected chi connectivity index (χ2v) is 8.27. The van der Waals surface area contributed by atoms with Crippen molar-refractivity contribution in [2.24, 2.45) is 5.41 Å². The van der Waals surface area contributed by atoms with Crippen LogP contribution in [0.5, 0.6) is 0 Å². The molecule has 0 bridgehead atoms. The maximum Gasteiger partial charge on any atom is 0.253 e. The van der Waals surface area contributed by atoms with Gasteiger partial charge in [-0.15, -0.1) is 6.58 Å². The van der Waals surface area contributed by atoms with E-state index in [1.807, 2.05) is 35.2 Å². The zero-order chi connectivity index (χ0) is 18.1. The lowest BCUT2D eigenvalue weighted by Gasteiger charge is -2.48. The molecule has 0 N–H and O–H groups in total. The van der Waals surface area contributed by atoms with Gasteiger partial charge in [-0.05, 0) is 56.2 Å². The Morgan fingerprint density at radius 1 is 1.19 bits per heavy atom. The number of amides is 2. The van der Waals surface area contributed by atoms with E-state index in [4.69, 9.17) is 0 Å². The minimum Gasteiger partial charge on any atom is -0.339 e. The first-order chi connectivity index (χ1) is 12.6. The van der Waals surface area contributed by atoms with Gasteiger partial charge in [-0.1, -0.05) is 18.2 Å². The fourth-order valence-electron chi connectivity index (χ4n) is 4.61. The first kappa shape index (κ1) is 17.3. The van der Waals surface area contributed by atoms with Crippen LogP contribution in [0.3, 0.4) is 0 Å². The van der Waals surface area contributed by atoms with Crippen molar-refractivity contribution in [3.05, 3.63) is 48.0 Å². The first-order valence-electron chi connectivity index (χ1n) is 9.89. The van der Waals surface area contributed by atoms with E-state index in [1.165, 1.54) is 5.56 Å². The second kappa shape index (κ2) is 6.90. The summed E-state index contributed by atoms with van der Waals surface area (Å²) in [5.74, 6) is 0.448. The van der Waals surface area contributed by atoms with Crippen LogP contribution in [0, 0.1) is 5.41 Å². The molecular weight excluding hydrogens is 324 g/mol. The first-order valence-corrected chi connectivity index (χ1v) is 9.89. The van der Waals surface area contributed by atoms with Gasteiger partial charge in [0.1, 0.15) is 0 Å². The summed E-state index contributed by atoms with van der Waals surface area (Å²) >= 11 is 0. The molecule has 3 fully saturated rings. The molecule has 4 heteroatoms. The van der Waals surface area contributed by atoms with Crippen LogP contribution in [-0.2, 0) is 11.2 Å². The van der Waals surface area contributed by atoms with Crippen molar-refractivity contribution in [1.82, 2.24) is 9.80 Å². The van der Waals surface area contributed by atoms with Gasteiger partial charge in [-0.2, -0.15) is 0 Å². The summed E-state index contributed by atoms with van der Waals surface area (Å²) in [7, 11) is 0. The van der Waals surface area contributed by atoms with Gasteiger partial charge in [0.2, 0.25) is 5.91 Å². The predicted octanol–water partition coefficient (Wildman–Crippen LogP) is 3.42. The van der Waals surface area contributed by atoms with E-state index in [-0.39, 0.29) is 11.3 Å². The summed E-state index contributed by atoms with van der Waals surface area (Å²) in [6, 6.07) is 8.38. The molecular formula is C22H28N2O2. The third kappa shape index (κ3) is 3.42. The average molecular weight is 352 g/mol. The van der Waals surface area contributed by atoms with Gasteiger partial charge in [-0.3, -0.25) is 9.59 Å². The molecule has 1 saturated carbocycles. The highest BCUT2D eigenvalue weighted by Crippen LogP contribution is 2.42. The number of likely N-dealkylation sites (tertiary alicyclic amines) is 2. The fraction of sp³-hybridized carbons (Fsp3) is 0.545. The highest BCUT2D eigenvalue weighted by molar-refractivity contribution is 5.94. The predicted molar refractivity (Wildman–Crippen MR) is 102 cm³/mol.